The monoisotopic (exact) mass is 370 g/mol. The van der Waals surface area contributed by atoms with Crippen LogP contribution in [0.1, 0.15) is 25.3 Å². The fourth-order valence-corrected chi connectivity index (χ4v) is 3.91. The van der Waals surface area contributed by atoms with Crippen LogP contribution in [0.2, 0.25) is 0 Å². The first-order chi connectivity index (χ1) is 12.9. The van der Waals surface area contributed by atoms with Gasteiger partial charge in [-0.15, -0.1) is 0 Å². The minimum Gasteiger partial charge on any atom is -0.394 e. The standard InChI is InChI=1S/C21H23FN2O3/c1-13(26)23-11-19-21(20(12-25)24(19)14(2)27)16-9-7-15(8-10-16)17-5-3-4-6-18(17)22/h3-10,19-21,25H,11-12H2,1-2H3,(H,23,26)/t19-,20+,21-/m1/s1. The molecular weight excluding hydrogens is 347 g/mol. The Bertz CT molecular complexity index is 838. The van der Waals surface area contributed by atoms with Crippen molar-refractivity contribution in [2.75, 3.05) is 13.2 Å². The zero-order valence-corrected chi connectivity index (χ0v) is 15.4. The smallest absolute Gasteiger partial charge is 0.220 e. The summed E-state index contributed by atoms with van der Waals surface area (Å²) in [6, 6.07) is 13.5. The molecule has 2 N–H and O–H groups in total. The van der Waals surface area contributed by atoms with Gasteiger partial charge in [0.15, 0.2) is 0 Å². The molecule has 0 saturated carbocycles. The van der Waals surface area contributed by atoms with Crippen molar-refractivity contribution in [2.24, 2.45) is 0 Å². The van der Waals surface area contributed by atoms with Crippen LogP contribution >= 0.6 is 0 Å². The molecule has 6 heteroatoms. The summed E-state index contributed by atoms with van der Waals surface area (Å²) in [4.78, 5) is 24.9. The number of hydrogen-bond acceptors (Lipinski definition) is 3. The van der Waals surface area contributed by atoms with Crippen molar-refractivity contribution in [1.29, 1.82) is 0 Å². The number of nitrogens with one attached hydrogen (secondary N) is 1. The fourth-order valence-electron chi connectivity index (χ4n) is 3.91. The zero-order chi connectivity index (χ0) is 19.6. The molecule has 2 aromatic carbocycles. The first-order valence-corrected chi connectivity index (χ1v) is 8.93. The summed E-state index contributed by atoms with van der Waals surface area (Å²) in [5.41, 5.74) is 2.23. The van der Waals surface area contributed by atoms with E-state index in [1.54, 1.807) is 23.1 Å². The Balaban J connectivity index is 1.87. The van der Waals surface area contributed by atoms with Crippen molar-refractivity contribution in [1.82, 2.24) is 10.2 Å². The second-order valence-corrected chi connectivity index (χ2v) is 6.81. The van der Waals surface area contributed by atoms with Gasteiger partial charge >= 0.3 is 0 Å². The Morgan fingerprint density at radius 3 is 2.30 bits per heavy atom. The van der Waals surface area contributed by atoms with Gasteiger partial charge in [-0.2, -0.15) is 0 Å². The lowest BCUT2D eigenvalue weighted by Gasteiger charge is -2.54. The summed E-state index contributed by atoms with van der Waals surface area (Å²) in [5, 5.41) is 12.5. The molecule has 3 rings (SSSR count). The van der Waals surface area contributed by atoms with E-state index in [2.05, 4.69) is 5.32 Å². The number of carbonyl (C=O) groups excluding carboxylic acids is 2. The highest BCUT2D eigenvalue weighted by Crippen LogP contribution is 2.41. The maximum atomic E-state index is 14.0. The lowest BCUT2D eigenvalue weighted by molar-refractivity contribution is -0.148. The molecule has 3 atom stereocenters. The number of aliphatic hydroxyl groups excluding tert-OH is 1. The van der Waals surface area contributed by atoms with E-state index < -0.39 is 0 Å². The highest BCUT2D eigenvalue weighted by molar-refractivity contribution is 5.77. The van der Waals surface area contributed by atoms with Gasteiger partial charge in [0.25, 0.3) is 0 Å². The van der Waals surface area contributed by atoms with Crippen LogP contribution in [0.4, 0.5) is 4.39 Å². The van der Waals surface area contributed by atoms with Crippen molar-refractivity contribution >= 4 is 11.8 Å². The Morgan fingerprint density at radius 2 is 1.74 bits per heavy atom. The lowest BCUT2D eigenvalue weighted by Crippen LogP contribution is -2.68. The molecule has 0 bridgehead atoms. The molecule has 27 heavy (non-hydrogen) atoms. The van der Waals surface area contributed by atoms with E-state index in [1.165, 1.54) is 19.9 Å². The van der Waals surface area contributed by atoms with Crippen LogP contribution in [0.15, 0.2) is 48.5 Å². The summed E-state index contributed by atoms with van der Waals surface area (Å²) in [6.07, 6.45) is 0. The number of nitrogens with zero attached hydrogens (tertiary/aromatic N) is 1. The minimum atomic E-state index is -0.333. The molecular formula is C21H23FN2O3. The van der Waals surface area contributed by atoms with Gasteiger partial charge in [0.1, 0.15) is 5.82 Å². The fraction of sp³-hybridized carbons (Fsp3) is 0.333. The molecule has 2 amide bonds. The number of rotatable bonds is 5. The third-order valence-electron chi connectivity index (χ3n) is 5.13. The summed E-state index contributed by atoms with van der Waals surface area (Å²) in [6.45, 7) is 3.06. The number of benzene rings is 2. The Kier molecular flexibility index (Phi) is 5.56. The number of hydrogen-bond donors (Lipinski definition) is 2. The third kappa shape index (κ3) is 3.71. The third-order valence-corrected chi connectivity index (χ3v) is 5.13. The van der Waals surface area contributed by atoms with Crippen molar-refractivity contribution in [3.8, 4) is 11.1 Å². The average molecular weight is 370 g/mol. The second kappa shape index (κ2) is 7.88. The number of halogens is 1. The number of likely N-dealkylation sites (tertiary alicyclic amines) is 1. The van der Waals surface area contributed by atoms with E-state index in [9.17, 15) is 19.1 Å². The van der Waals surface area contributed by atoms with Crippen LogP contribution in [0.25, 0.3) is 11.1 Å². The van der Waals surface area contributed by atoms with Crippen LogP contribution in [-0.2, 0) is 9.59 Å². The molecule has 1 fully saturated rings. The van der Waals surface area contributed by atoms with E-state index in [1.807, 2.05) is 24.3 Å². The van der Waals surface area contributed by atoms with E-state index in [4.69, 9.17) is 0 Å². The van der Waals surface area contributed by atoms with Crippen molar-refractivity contribution in [3.63, 3.8) is 0 Å². The number of aliphatic hydroxyl groups is 1. The van der Waals surface area contributed by atoms with E-state index in [-0.39, 0.29) is 42.2 Å². The van der Waals surface area contributed by atoms with Gasteiger partial charge in [-0.05, 0) is 17.2 Å². The van der Waals surface area contributed by atoms with Gasteiger partial charge in [-0.3, -0.25) is 9.59 Å². The van der Waals surface area contributed by atoms with Gasteiger partial charge in [-0.25, -0.2) is 4.39 Å². The predicted molar refractivity (Wildman–Crippen MR) is 100 cm³/mol. The van der Waals surface area contributed by atoms with Crippen LogP contribution in [-0.4, -0.2) is 47.1 Å². The van der Waals surface area contributed by atoms with E-state index in [0.29, 0.717) is 12.1 Å². The summed E-state index contributed by atoms with van der Waals surface area (Å²) in [7, 11) is 0. The van der Waals surface area contributed by atoms with E-state index >= 15 is 0 Å². The Morgan fingerprint density at radius 1 is 1.07 bits per heavy atom. The quantitative estimate of drug-likeness (QED) is 0.849. The predicted octanol–water partition coefficient (Wildman–Crippen LogP) is 2.30. The SMILES string of the molecule is CC(=O)NC[C@@H]1[C@@H](c2ccc(-c3ccccc3F)cc2)[C@H](CO)N1C(C)=O. The first kappa shape index (κ1) is 19.0. The molecule has 1 aliphatic rings. The molecule has 0 aromatic heterocycles. The van der Waals surface area contributed by atoms with Gasteiger partial charge in [0, 0.05) is 31.9 Å². The summed E-state index contributed by atoms with van der Waals surface area (Å²) >= 11 is 0. The Hall–Kier alpha value is -2.73. The molecule has 0 spiro atoms. The van der Waals surface area contributed by atoms with Crippen LogP contribution in [0.5, 0.6) is 0 Å². The first-order valence-electron chi connectivity index (χ1n) is 8.93. The molecule has 1 saturated heterocycles. The number of carbonyl (C=O) groups is 2. The van der Waals surface area contributed by atoms with Gasteiger partial charge in [-0.1, -0.05) is 42.5 Å². The normalized spacial score (nSPS) is 21.5. The molecule has 0 unspecified atom stereocenters. The zero-order valence-electron chi connectivity index (χ0n) is 15.4. The van der Waals surface area contributed by atoms with Crippen molar-refractivity contribution < 1.29 is 19.1 Å². The molecule has 0 aliphatic carbocycles. The molecule has 0 radical (unpaired) electrons. The molecule has 142 valence electrons. The van der Waals surface area contributed by atoms with Crippen molar-refractivity contribution in [2.45, 2.75) is 31.8 Å². The number of amides is 2. The van der Waals surface area contributed by atoms with Gasteiger partial charge < -0.3 is 15.3 Å². The Labute approximate surface area is 157 Å². The summed E-state index contributed by atoms with van der Waals surface area (Å²) < 4.78 is 14.0. The van der Waals surface area contributed by atoms with Gasteiger partial charge in [0.05, 0.1) is 18.7 Å². The highest BCUT2D eigenvalue weighted by atomic mass is 19.1. The minimum absolute atomic E-state index is 0.0968. The van der Waals surface area contributed by atoms with Gasteiger partial charge in [0.2, 0.25) is 11.8 Å². The van der Waals surface area contributed by atoms with Crippen LogP contribution in [0, 0.1) is 5.82 Å². The summed E-state index contributed by atoms with van der Waals surface area (Å²) in [5.74, 6) is -0.683. The largest absolute Gasteiger partial charge is 0.394 e. The topological polar surface area (TPSA) is 69.6 Å². The van der Waals surface area contributed by atoms with Crippen molar-refractivity contribution in [3.05, 3.63) is 59.9 Å². The van der Waals surface area contributed by atoms with Crippen LogP contribution < -0.4 is 5.32 Å². The maximum Gasteiger partial charge on any atom is 0.220 e. The van der Waals surface area contributed by atoms with E-state index in [0.717, 1.165) is 11.1 Å². The average Bonchev–Trinajstić information content (AvgIpc) is 2.61. The lowest BCUT2D eigenvalue weighted by atomic mass is 9.74. The molecule has 1 heterocycles. The maximum absolute atomic E-state index is 14.0. The molecule has 2 aromatic rings. The second-order valence-electron chi connectivity index (χ2n) is 6.81. The highest BCUT2D eigenvalue weighted by Gasteiger charge is 2.49. The molecule has 1 aliphatic heterocycles. The van der Waals surface area contributed by atoms with Crippen LogP contribution in [0.3, 0.4) is 0 Å². The molecule has 5 nitrogen and oxygen atoms in total.